The molecule has 0 aromatic carbocycles. The van der Waals surface area contributed by atoms with Crippen LogP contribution in [0.4, 0.5) is 0 Å². The van der Waals surface area contributed by atoms with Crippen LogP contribution in [0, 0.1) is 0 Å². The first-order valence-electron chi connectivity index (χ1n) is 6.51. The Labute approximate surface area is 85.3 Å². The van der Waals surface area contributed by atoms with E-state index >= 15 is 0 Å². The first kappa shape index (κ1) is 5.01. The Kier molecular flexibility index (Phi) is 1.66. The van der Waals surface area contributed by atoms with E-state index < -0.39 is 30.6 Å². The minimum atomic E-state index is -1.13. The molecule has 0 saturated carbocycles. The Bertz CT molecular complexity index is 276. The average molecular weight is 198 g/mol. The average Bonchev–Trinajstić information content (AvgIpc) is 2.36. The van der Waals surface area contributed by atoms with Gasteiger partial charge in [-0.05, 0) is 0 Å². The van der Waals surface area contributed by atoms with Crippen molar-refractivity contribution in [3.05, 3.63) is 0 Å². The van der Waals surface area contributed by atoms with E-state index in [0.717, 1.165) is 0 Å². The van der Waals surface area contributed by atoms with Gasteiger partial charge >= 0.3 is 0 Å². The quantitative estimate of drug-likeness (QED) is 0.371. The van der Waals surface area contributed by atoms with Gasteiger partial charge in [0.05, 0.1) is 12.1 Å². The van der Waals surface area contributed by atoms with Crippen LogP contribution in [0.3, 0.4) is 0 Å². The largest absolute Gasteiger partial charge is 0.389 e. The molecule has 0 aliphatic carbocycles. The molecule has 6 heteroatoms. The van der Waals surface area contributed by atoms with E-state index in [1.807, 2.05) is 0 Å². The van der Waals surface area contributed by atoms with Gasteiger partial charge in [0, 0.05) is 13.7 Å². The van der Waals surface area contributed by atoms with Crippen LogP contribution in [-0.4, -0.2) is 57.4 Å². The third kappa shape index (κ3) is 1.98. The zero-order valence-corrected chi connectivity index (χ0v) is 7.12. The SMILES string of the molecule is [2H]O[C@@H]1[C@@H](OC)O[C@H](CN([2H])[2H])[C@@H](O[2H])[C@H]1N([2H])[2H]. The molecule has 1 aliphatic rings. The lowest BCUT2D eigenvalue weighted by Gasteiger charge is -2.40. The number of methoxy groups -OCH3 is 1. The molecule has 0 amide bonds. The van der Waals surface area contributed by atoms with Crippen molar-refractivity contribution in [3.63, 3.8) is 0 Å². The number of hydrogen-bond donors (Lipinski definition) is 4. The van der Waals surface area contributed by atoms with Crippen LogP contribution >= 0.6 is 0 Å². The Morgan fingerprint density at radius 1 is 1.62 bits per heavy atom. The third-order valence-electron chi connectivity index (χ3n) is 2.03. The second-order valence-electron chi connectivity index (χ2n) is 2.88. The number of hydrogen-bond acceptors (Lipinski definition) is 6. The number of aliphatic hydroxyl groups is 2. The maximum atomic E-state index is 7.33. The highest BCUT2D eigenvalue weighted by molar-refractivity contribution is 4.92. The van der Waals surface area contributed by atoms with Crippen molar-refractivity contribution in [1.29, 1.82) is 2.86 Å². The predicted molar refractivity (Wildman–Crippen MR) is 44.7 cm³/mol. The Hall–Kier alpha value is -0.240. The van der Waals surface area contributed by atoms with E-state index in [1.54, 1.807) is 0 Å². The van der Waals surface area contributed by atoms with Crippen LogP contribution in [0.2, 0.25) is 5.65 Å². The molecule has 0 unspecified atom stereocenters. The normalized spacial score (nSPS) is 53.3. The number of ether oxygens (including phenoxy) is 2. The van der Waals surface area contributed by atoms with E-state index in [1.165, 1.54) is 7.11 Å². The second kappa shape index (κ2) is 4.32. The molecular weight excluding hydrogens is 176 g/mol. The van der Waals surface area contributed by atoms with Crippen molar-refractivity contribution >= 4 is 0 Å². The lowest BCUT2D eigenvalue weighted by Crippen LogP contribution is -2.63. The van der Waals surface area contributed by atoms with Gasteiger partial charge in [0.25, 0.3) is 0 Å². The third-order valence-corrected chi connectivity index (χ3v) is 2.03. The molecule has 0 radical (unpaired) electrons. The van der Waals surface area contributed by atoms with Crippen LogP contribution < -0.4 is 11.4 Å². The summed E-state index contributed by atoms with van der Waals surface area (Å²) in [6.07, 6.45) is -4.25. The maximum absolute atomic E-state index is 7.33. The van der Waals surface area contributed by atoms with E-state index in [9.17, 15) is 0 Å². The molecule has 1 heterocycles. The van der Waals surface area contributed by atoms with E-state index in [4.69, 9.17) is 18.0 Å². The standard InChI is InChI=1S/C7H16N2O4/c1-12-7-6(11)4(9)5(10)3(2-8)13-7/h3-7,10-11H,2,8-9H2,1H3/t3-,4-,5-,6+,7+/m1/s1/i10D,11D/hD4. The number of nitrogens with two attached hydrogens (primary N) is 2. The molecular formula is C7H16N2O4. The minimum Gasteiger partial charge on any atom is -0.389 e. The lowest BCUT2D eigenvalue weighted by atomic mass is 9.97. The summed E-state index contributed by atoms with van der Waals surface area (Å²) in [5, 5.41) is 8.84. The molecule has 6 nitrogen and oxygen atoms in total. The van der Waals surface area contributed by atoms with Gasteiger partial charge < -0.3 is 31.1 Å². The summed E-state index contributed by atoms with van der Waals surface area (Å²) in [5.74, 6) is 0. The summed E-state index contributed by atoms with van der Waals surface area (Å²) in [5.41, 5.74) is 0.582. The Morgan fingerprint density at radius 3 is 3.00 bits per heavy atom. The van der Waals surface area contributed by atoms with E-state index in [-0.39, 0.29) is 12.3 Å². The lowest BCUT2D eigenvalue weighted by molar-refractivity contribution is -0.259. The summed E-state index contributed by atoms with van der Waals surface area (Å²) < 4.78 is 53.1. The topological polar surface area (TPSA) is 111 Å². The molecule has 0 bridgehead atoms. The molecule has 1 saturated heterocycles. The fourth-order valence-corrected chi connectivity index (χ4v) is 1.23. The Balaban J connectivity index is 2.97. The van der Waals surface area contributed by atoms with E-state index in [0.29, 0.717) is 5.72 Å². The van der Waals surface area contributed by atoms with Gasteiger partial charge in [-0.25, -0.2) is 0 Å². The molecule has 0 aromatic rings. The summed E-state index contributed by atoms with van der Waals surface area (Å²) in [6.45, 7) is -0.238. The fourth-order valence-electron chi connectivity index (χ4n) is 1.23. The van der Waals surface area contributed by atoms with Crippen molar-refractivity contribution in [2.75, 3.05) is 13.7 Å². The van der Waals surface area contributed by atoms with Gasteiger partial charge in [-0.3, -0.25) is 0 Å². The summed E-state index contributed by atoms with van der Waals surface area (Å²) in [6, 6.07) is -1.13. The number of aliphatic hydroxyl groups excluding tert-OH is 2. The second-order valence-corrected chi connectivity index (χ2v) is 2.88. The maximum Gasteiger partial charge on any atom is 0.211 e. The van der Waals surface area contributed by atoms with Crippen molar-refractivity contribution in [3.8, 4) is 0 Å². The van der Waals surface area contributed by atoms with Crippen LogP contribution in [0.25, 0.3) is 0 Å². The molecule has 5 atom stereocenters. The van der Waals surface area contributed by atoms with E-state index in [2.05, 4.69) is 10.2 Å². The zero-order valence-electron chi connectivity index (χ0n) is 13.1. The first-order valence-corrected chi connectivity index (χ1v) is 3.90. The van der Waals surface area contributed by atoms with Crippen molar-refractivity contribution in [1.82, 2.24) is 0 Å². The van der Waals surface area contributed by atoms with Gasteiger partial charge in [0.2, 0.25) is 2.86 Å². The number of rotatable bonds is 6. The summed E-state index contributed by atoms with van der Waals surface area (Å²) in [7, 11) is 1.30. The molecule has 0 spiro atoms. The smallest absolute Gasteiger partial charge is 0.211 e. The molecule has 1 rings (SSSR count). The molecule has 1 fully saturated rings. The molecule has 6 N–H and O–H groups in total. The van der Waals surface area contributed by atoms with Gasteiger partial charge in [-0.1, -0.05) is 0 Å². The van der Waals surface area contributed by atoms with Crippen LogP contribution in [0.15, 0.2) is 0 Å². The van der Waals surface area contributed by atoms with Gasteiger partial charge in [-0.15, -0.1) is 0 Å². The predicted octanol–water partition coefficient (Wildman–Crippen LogP) is -2.63. The molecule has 1 aliphatic heterocycles. The van der Waals surface area contributed by atoms with Gasteiger partial charge in [0.1, 0.15) is 17.9 Å². The highest BCUT2D eigenvalue weighted by Gasteiger charge is 2.41. The minimum absolute atomic E-state index is 0.238. The summed E-state index contributed by atoms with van der Waals surface area (Å²) >= 11 is 0. The highest BCUT2D eigenvalue weighted by atomic mass is 16.7. The highest BCUT2D eigenvalue weighted by Crippen LogP contribution is 2.19. The Morgan fingerprint density at radius 2 is 2.46 bits per heavy atom. The zero-order chi connectivity index (χ0) is 14.6. The van der Waals surface area contributed by atoms with Gasteiger partial charge in [0.15, 0.2) is 6.29 Å². The summed E-state index contributed by atoms with van der Waals surface area (Å²) in [4.78, 5) is 0. The molecule has 0 aromatic heterocycles. The fraction of sp³-hybridized carbons (Fsp3) is 1.00. The van der Waals surface area contributed by atoms with Crippen LogP contribution in [0.5, 0.6) is 0 Å². The van der Waals surface area contributed by atoms with Crippen LogP contribution in [-0.2, 0) is 9.47 Å². The van der Waals surface area contributed by atoms with Crippen molar-refractivity contribution < 1.29 is 25.3 Å². The van der Waals surface area contributed by atoms with Crippen LogP contribution in [0.1, 0.15) is 0 Å². The van der Waals surface area contributed by atoms with Gasteiger partial charge in [-0.2, -0.15) is 0 Å². The molecule has 78 valence electrons. The molecule has 13 heavy (non-hydrogen) atoms. The van der Waals surface area contributed by atoms with Crippen molar-refractivity contribution in [2.45, 2.75) is 30.6 Å². The monoisotopic (exact) mass is 198 g/mol. The first-order chi connectivity index (χ1) is 8.96. The van der Waals surface area contributed by atoms with Crippen molar-refractivity contribution in [2.24, 2.45) is 11.4 Å².